The number of aliphatic carboxylic acids is 1. The molecule has 0 radical (unpaired) electrons. The maximum absolute atomic E-state index is 12.6. The number of fused-ring (bicyclic) bond motifs is 1. The molecule has 2 heterocycles. The third-order valence-electron chi connectivity index (χ3n) is 3.52. The molecule has 0 spiro atoms. The molecule has 2 rings (SSSR count). The maximum atomic E-state index is 12.6. The first kappa shape index (κ1) is 17.3. The summed E-state index contributed by atoms with van der Waals surface area (Å²) < 4.78 is 1.63. The summed E-state index contributed by atoms with van der Waals surface area (Å²) in [5.74, 6) is -1.32. The van der Waals surface area contributed by atoms with Gasteiger partial charge in [0.15, 0.2) is 0 Å². The van der Waals surface area contributed by atoms with E-state index in [9.17, 15) is 14.7 Å². The Labute approximate surface area is 139 Å². The molecule has 0 bridgehead atoms. The lowest BCUT2D eigenvalue weighted by atomic mass is 10.0. The molecule has 7 heteroatoms. The monoisotopic (exact) mass is 337 g/mol. The number of carbonyl (C=O) groups is 2. The van der Waals surface area contributed by atoms with Gasteiger partial charge in [-0.25, -0.2) is 9.78 Å². The second-order valence-corrected chi connectivity index (χ2v) is 6.26. The molecule has 0 saturated carbocycles. The van der Waals surface area contributed by atoms with Crippen molar-refractivity contribution in [1.29, 1.82) is 0 Å². The van der Waals surface area contributed by atoms with Crippen molar-refractivity contribution in [3.05, 3.63) is 34.7 Å². The third kappa shape index (κ3) is 3.82. The molecule has 0 fully saturated rings. The lowest BCUT2D eigenvalue weighted by Crippen LogP contribution is -2.42. The zero-order valence-electron chi connectivity index (χ0n) is 13.3. The minimum absolute atomic E-state index is 0.156. The zero-order valence-corrected chi connectivity index (χ0v) is 14.1. The van der Waals surface area contributed by atoms with E-state index in [1.165, 1.54) is 0 Å². The van der Waals surface area contributed by atoms with Crippen molar-refractivity contribution in [2.75, 3.05) is 0 Å². The Morgan fingerprint density at radius 2 is 2.13 bits per heavy atom. The largest absolute Gasteiger partial charge is 0.480 e. The zero-order chi connectivity index (χ0) is 17.1. The van der Waals surface area contributed by atoms with Crippen molar-refractivity contribution in [3.8, 4) is 0 Å². The van der Waals surface area contributed by atoms with E-state index >= 15 is 0 Å². The Kier molecular flexibility index (Phi) is 5.26. The van der Waals surface area contributed by atoms with E-state index in [0.29, 0.717) is 34.9 Å². The summed E-state index contributed by atoms with van der Waals surface area (Å²) in [5, 5.41) is 12.4. The summed E-state index contributed by atoms with van der Waals surface area (Å²) in [7, 11) is 0. The fourth-order valence-corrected chi connectivity index (χ4v) is 2.63. The molecule has 2 aromatic rings. The van der Waals surface area contributed by atoms with E-state index in [2.05, 4.69) is 10.3 Å². The minimum Gasteiger partial charge on any atom is -0.480 e. The van der Waals surface area contributed by atoms with Gasteiger partial charge in [0, 0.05) is 17.3 Å². The molecule has 0 aromatic carbocycles. The van der Waals surface area contributed by atoms with Gasteiger partial charge in [-0.3, -0.25) is 9.20 Å². The molecule has 0 saturated heterocycles. The lowest BCUT2D eigenvalue weighted by Gasteiger charge is -2.16. The maximum Gasteiger partial charge on any atom is 0.326 e. The molecule has 1 amide bonds. The van der Waals surface area contributed by atoms with Gasteiger partial charge in [-0.2, -0.15) is 0 Å². The van der Waals surface area contributed by atoms with Crippen LogP contribution in [0.3, 0.4) is 0 Å². The van der Waals surface area contributed by atoms with Gasteiger partial charge in [-0.1, -0.05) is 32.4 Å². The Morgan fingerprint density at radius 1 is 1.43 bits per heavy atom. The van der Waals surface area contributed by atoms with Gasteiger partial charge in [0.2, 0.25) is 0 Å². The first-order valence-electron chi connectivity index (χ1n) is 7.53. The van der Waals surface area contributed by atoms with Crippen molar-refractivity contribution in [1.82, 2.24) is 14.7 Å². The van der Waals surface area contributed by atoms with Crippen molar-refractivity contribution < 1.29 is 14.7 Å². The molecule has 124 valence electrons. The number of carbonyl (C=O) groups excluding carboxylic acids is 1. The molecule has 0 aliphatic carbocycles. The number of imidazole rings is 1. The standard InChI is InChI=1S/C16H20ClN3O3/c1-4-11-14(20-6-5-10(17)8-13(20)18-11)15(21)19-12(16(22)23)7-9(2)3/h5-6,8-9,12H,4,7H2,1-3H3,(H,19,21)(H,22,23). The van der Waals surface area contributed by atoms with Gasteiger partial charge in [0.25, 0.3) is 5.91 Å². The quantitative estimate of drug-likeness (QED) is 0.849. The topological polar surface area (TPSA) is 83.7 Å². The molecule has 2 aromatic heterocycles. The highest BCUT2D eigenvalue weighted by atomic mass is 35.5. The Hall–Kier alpha value is -2.08. The normalized spacial score (nSPS) is 12.6. The summed E-state index contributed by atoms with van der Waals surface area (Å²) >= 11 is 5.95. The molecule has 1 unspecified atom stereocenters. The van der Waals surface area contributed by atoms with E-state index < -0.39 is 17.9 Å². The fraction of sp³-hybridized carbons (Fsp3) is 0.438. The molecule has 1 atom stereocenters. The first-order chi connectivity index (χ1) is 10.8. The summed E-state index contributed by atoms with van der Waals surface area (Å²) in [6.07, 6.45) is 2.59. The van der Waals surface area contributed by atoms with Gasteiger partial charge >= 0.3 is 5.97 Å². The molecular formula is C16H20ClN3O3. The number of hydrogen-bond donors (Lipinski definition) is 2. The number of pyridine rings is 1. The van der Waals surface area contributed by atoms with Crippen LogP contribution in [0.1, 0.15) is 43.4 Å². The highest BCUT2D eigenvalue weighted by molar-refractivity contribution is 6.30. The van der Waals surface area contributed by atoms with Crippen LogP contribution in [0, 0.1) is 5.92 Å². The highest BCUT2D eigenvalue weighted by Crippen LogP contribution is 2.18. The second-order valence-electron chi connectivity index (χ2n) is 5.83. The fourth-order valence-electron chi connectivity index (χ4n) is 2.48. The van der Waals surface area contributed by atoms with Crippen molar-refractivity contribution >= 4 is 29.1 Å². The molecular weight excluding hydrogens is 318 g/mol. The number of aromatic nitrogens is 2. The van der Waals surface area contributed by atoms with Crippen LogP contribution in [0.15, 0.2) is 18.3 Å². The van der Waals surface area contributed by atoms with Gasteiger partial charge in [0.05, 0.1) is 5.69 Å². The van der Waals surface area contributed by atoms with E-state index in [1.807, 2.05) is 20.8 Å². The highest BCUT2D eigenvalue weighted by Gasteiger charge is 2.25. The number of hydrogen-bond acceptors (Lipinski definition) is 3. The molecule has 0 aliphatic heterocycles. The van der Waals surface area contributed by atoms with Gasteiger partial charge in [-0.15, -0.1) is 0 Å². The molecule has 23 heavy (non-hydrogen) atoms. The van der Waals surface area contributed by atoms with Crippen LogP contribution in [0.4, 0.5) is 0 Å². The first-order valence-corrected chi connectivity index (χ1v) is 7.91. The van der Waals surface area contributed by atoms with Gasteiger partial charge in [-0.05, 0) is 24.8 Å². The number of nitrogens with one attached hydrogen (secondary N) is 1. The number of amides is 1. The number of aryl methyl sites for hydroxylation is 1. The average Bonchev–Trinajstić information content (AvgIpc) is 2.83. The van der Waals surface area contributed by atoms with Crippen molar-refractivity contribution in [2.24, 2.45) is 5.92 Å². The molecule has 2 N–H and O–H groups in total. The van der Waals surface area contributed by atoms with Gasteiger partial charge in [0.1, 0.15) is 17.4 Å². The number of carboxylic acid groups (broad SMARTS) is 1. The van der Waals surface area contributed by atoms with Crippen LogP contribution in [-0.4, -0.2) is 32.4 Å². The Bertz CT molecular complexity index is 739. The number of rotatable bonds is 6. The number of carboxylic acids is 1. The van der Waals surface area contributed by atoms with Crippen LogP contribution in [0.2, 0.25) is 5.02 Å². The second kappa shape index (κ2) is 7.00. The molecule has 0 aliphatic rings. The lowest BCUT2D eigenvalue weighted by molar-refractivity contribution is -0.139. The van der Waals surface area contributed by atoms with E-state index in [4.69, 9.17) is 11.6 Å². The van der Waals surface area contributed by atoms with Crippen molar-refractivity contribution in [3.63, 3.8) is 0 Å². The summed E-state index contributed by atoms with van der Waals surface area (Å²) in [5.41, 5.74) is 1.53. The van der Waals surface area contributed by atoms with Crippen LogP contribution in [0.25, 0.3) is 5.65 Å². The van der Waals surface area contributed by atoms with E-state index in [1.54, 1.807) is 22.7 Å². The summed E-state index contributed by atoms with van der Waals surface area (Å²) in [4.78, 5) is 28.4. The van der Waals surface area contributed by atoms with Crippen molar-refractivity contribution in [2.45, 2.75) is 39.7 Å². The van der Waals surface area contributed by atoms with Crippen LogP contribution >= 0.6 is 11.6 Å². The third-order valence-corrected chi connectivity index (χ3v) is 3.76. The van der Waals surface area contributed by atoms with Gasteiger partial charge < -0.3 is 10.4 Å². The number of nitrogens with zero attached hydrogens (tertiary/aromatic N) is 2. The summed E-state index contributed by atoms with van der Waals surface area (Å²) in [6, 6.07) is 2.40. The van der Waals surface area contributed by atoms with E-state index in [0.717, 1.165) is 0 Å². The van der Waals surface area contributed by atoms with E-state index in [-0.39, 0.29) is 5.92 Å². The number of halogens is 1. The molecule has 6 nitrogen and oxygen atoms in total. The van der Waals surface area contributed by atoms with Crippen LogP contribution in [-0.2, 0) is 11.2 Å². The Morgan fingerprint density at radius 3 is 2.70 bits per heavy atom. The minimum atomic E-state index is -1.04. The SMILES string of the molecule is CCc1nc2cc(Cl)ccn2c1C(=O)NC(CC(C)C)C(=O)O. The summed E-state index contributed by atoms with van der Waals surface area (Å²) in [6.45, 7) is 5.72. The average molecular weight is 338 g/mol. The Balaban J connectivity index is 2.38. The predicted molar refractivity (Wildman–Crippen MR) is 87.9 cm³/mol. The van der Waals surface area contributed by atoms with Crippen LogP contribution < -0.4 is 5.32 Å². The van der Waals surface area contributed by atoms with Crippen LogP contribution in [0.5, 0.6) is 0 Å². The smallest absolute Gasteiger partial charge is 0.326 e. The predicted octanol–water partition coefficient (Wildman–Crippen LogP) is 2.78.